The Morgan fingerprint density at radius 3 is 2.81 bits per heavy atom. The molecule has 1 aliphatic heterocycles. The number of aromatic amines is 1. The molecule has 0 spiro atoms. The van der Waals surface area contributed by atoms with Crippen LogP contribution < -0.4 is 10.1 Å². The van der Waals surface area contributed by atoms with Gasteiger partial charge in [-0.3, -0.25) is 9.89 Å². The van der Waals surface area contributed by atoms with Crippen LogP contribution in [0.3, 0.4) is 0 Å². The highest BCUT2D eigenvalue weighted by atomic mass is 16.6. The van der Waals surface area contributed by atoms with Crippen LogP contribution >= 0.6 is 0 Å². The number of hydrogen-bond donors (Lipinski definition) is 2. The molecule has 2 amide bonds. The van der Waals surface area contributed by atoms with Crippen molar-refractivity contribution < 1.29 is 19.1 Å². The predicted molar refractivity (Wildman–Crippen MR) is 114 cm³/mol. The third-order valence-corrected chi connectivity index (χ3v) is 6.23. The molecule has 2 aromatic heterocycles. The molecule has 9 heteroatoms. The zero-order valence-electron chi connectivity index (χ0n) is 18.2. The van der Waals surface area contributed by atoms with Gasteiger partial charge >= 0.3 is 6.09 Å². The van der Waals surface area contributed by atoms with E-state index in [2.05, 4.69) is 34.3 Å². The van der Waals surface area contributed by atoms with Gasteiger partial charge in [-0.25, -0.2) is 9.78 Å². The van der Waals surface area contributed by atoms with Crippen molar-refractivity contribution in [3.05, 3.63) is 35.7 Å². The smallest absolute Gasteiger partial charge is 0.410 e. The Labute approximate surface area is 181 Å². The number of likely N-dealkylation sites (tertiary alicyclic amines) is 1. The van der Waals surface area contributed by atoms with Crippen molar-refractivity contribution in [3.63, 3.8) is 0 Å². The molecule has 4 rings (SSSR count). The summed E-state index contributed by atoms with van der Waals surface area (Å²) >= 11 is 0. The molecule has 2 atom stereocenters. The molecule has 0 aromatic carbocycles. The van der Waals surface area contributed by atoms with Crippen LogP contribution in [0.4, 0.5) is 10.6 Å². The Morgan fingerprint density at radius 1 is 1.32 bits per heavy atom. The van der Waals surface area contributed by atoms with Gasteiger partial charge in [0.25, 0.3) is 0 Å². The third-order valence-electron chi connectivity index (χ3n) is 6.23. The first-order chi connectivity index (χ1) is 14.8. The van der Waals surface area contributed by atoms with Gasteiger partial charge in [0, 0.05) is 42.0 Å². The number of carbonyl (C=O) groups excluding carboxylic acids is 2. The van der Waals surface area contributed by atoms with Crippen molar-refractivity contribution in [2.75, 3.05) is 19.0 Å². The number of methoxy groups -OCH3 is 1. The summed E-state index contributed by atoms with van der Waals surface area (Å²) in [5.74, 6) is 1.06. The highest BCUT2D eigenvalue weighted by Gasteiger charge is 2.41. The van der Waals surface area contributed by atoms with E-state index in [-0.39, 0.29) is 36.0 Å². The molecule has 0 radical (unpaired) electrons. The van der Waals surface area contributed by atoms with Crippen molar-refractivity contribution >= 4 is 17.8 Å². The van der Waals surface area contributed by atoms with Gasteiger partial charge < -0.3 is 19.7 Å². The van der Waals surface area contributed by atoms with Gasteiger partial charge in [-0.05, 0) is 45.1 Å². The minimum Gasteiger partial charge on any atom is -0.481 e. The van der Waals surface area contributed by atoms with Gasteiger partial charge in [-0.15, -0.1) is 0 Å². The summed E-state index contributed by atoms with van der Waals surface area (Å²) in [6, 6.07) is 5.39. The van der Waals surface area contributed by atoms with E-state index >= 15 is 0 Å². The fourth-order valence-corrected chi connectivity index (χ4v) is 4.16. The Morgan fingerprint density at radius 2 is 2.16 bits per heavy atom. The summed E-state index contributed by atoms with van der Waals surface area (Å²) in [7, 11) is 1.55. The summed E-state index contributed by atoms with van der Waals surface area (Å²) in [6.45, 7) is 4.87. The number of hydrogen-bond acceptors (Lipinski definition) is 6. The molecule has 0 bridgehead atoms. The van der Waals surface area contributed by atoms with E-state index in [1.165, 1.54) is 0 Å². The molecular weight excluding hydrogens is 398 g/mol. The standard InChI is InChI=1S/C22H29N5O4/c1-22(2)8-9-27(22)21(29)31-16-6-5-15(11-16)17-12-18(26-25-17)24-19(28)10-14-4-7-20(30-3)23-13-14/h4,7,12-13,15-16H,5-6,8-11H2,1-3H3,(H2,24,25,26,28)/t15-,16+/m0/s1. The summed E-state index contributed by atoms with van der Waals surface area (Å²) in [6.07, 6.45) is 5.03. The minimum absolute atomic E-state index is 0.0854. The quantitative estimate of drug-likeness (QED) is 0.732. The number of carbonyl (C=O) groups is 2. The van der Waals surface area contributed by atoms with Crippen LogP contribution in [0, 0.1) is 0 Å². The summed E-state index contributed by atoms with van der Waals surface area (Å²) < 4.78 is 10.7. The van der Waals surface area contributed by atoms with Crippen LogP contribution in [0.1, 0.15) is 56.7 Å². The van der Waals surface area contributed by atoms with E-state index < -0.39 is 0 Å². The normalized spacial score (nSPS) is 22.0. The highest BCUT2D eigenvalue weighted by Crippen LogP contribution is 2.37. The van der Waals surface area contributed by atoms with Gasteiger partial charge in [-0.2, -0.15) is 5.10 Å². The Balaban J connectivity index is 1.26. The van der Waals surface area contributed by atoms with Crippen molar-refractivity contribution in [2.24, 2.45) is 0 Å². The monoisotopic (exact) mass is 427 g/mol. The molecular formula is C22H29N5O4. The zero-order valence-corrected chi connectivity index (χ0v) is 18.2. The molecule has 2 aromatic rings. The third kappa shape index (κ3) is 4.81. The van der Waals surface area contributed by atoms with E-state index in [0.29, 0.717) is 11.7 Å². The minimum atomic E-state index is -0.215. The molecule has 2 N–H and O–H groups in total. The number of ether oxygens (including phenoxy) is 2. The van der Waals surface area contributed by atoms with Crippen molar-refractivity contribution in [2.45, 2.75) is 63.5 Å². The van der Waals surface area contributed by atoms with Crippen molar-refractivity contribution in [1.82, 2.24) is 20.1 Å². The van der Waals surface area contributed by atoms with E-state index in [0.717, 1.165) is 43.5 Å². The molecule has 3 heterocycles. The van der Waals surface area contributed by atoms with E-state index in [1.54, 1.807) is 24.3 Å². The lowest BCUT2D eigenvalue weighted by Gasteiger charge is -2.47. The number of pyridine rings is 1. The maximum atomic E-state index is 12.4. The number of H-pyrrole nitrogens is 1. The van der Waals surface area contributed by atoms with Crippen LogP contribution in [-0.2, 0) is 16.0 Å². The van der Waals surface area contributed by atoms with Gasteiger partial charge in [-0.1, -0.05) is 6.07 Å². The summed E-state index contributed by atoms with van der Waals surface area (Å²) in [5, 5.41) is 10.0. The van der Waals surface area contributed by atoms with Crippen LogP contribution in [0.15, 0.2) is 24.4 Å². The molecule has 1 aliphatic carbocycles. The van der Waals surface area contributed by atoms with Crippen molar-refractivity contribution in [1.29, 1.82) is 0 Å². The fraction of sp³-hybridized carbons (Fsp3) is 0.545. The number of nitrogens with one attached hydrogen (secondary N) is 2. The Hall–Kier alpha value is -3.10. The maximum Gasteiger partial charge on any atom is 0.410 e. The van der Waals surface area contributed by atoms with E-state index in [4.69, 9.17) is 9.47 Å². The topological polar surface area (TPSA) is 109 Å². The second-order valence-corrected chi connectivity index (χ2v) is 8.87. The number of anilines is 1. The Bertz CT molecular complexity index is 940. The average molecular weight is 428 g/mol. The van der Waals surface area contributed by atoms with Crippen molar-refractivity contribution in [3.8, 4) is 5.88 Å². The highest BCUT2D eigenvalue weighted by molar-refractivity contribution is 5.91. The molecule has 1 saturated carbocycles. The number of aromatic nitrogens is 3. The fourth-order valence-electron chi connectivity index (χ4n) is 4.16. The number of nitrogens with zero attached hydrogens (tertiary/aromatic N) is 3. The number of amides is 2. The summed E-state index contributed by atoms with van der Waals surface area (Å²) in [4.78, 5) is 30.6. The lowest BCUT2D eigenvalue weighted by Crippen LogP contribution is -2.58. The second-order valence-electron chi connectivity index (χ2n) is 8.87. The average Bonchev–Trinajstić information content (AvgIpc) is 3.37. The van der Waals surface area contributed by atoms with Gasteiger partial charge in [0.05, 0.1) is 13.5 Å². The van der Waals surface area contributed by atoms with Crippen LogP contribution in [0.5, 0.6) is 5.88 Å². The van der Waals surface area contributed by atoms with E-state index in [9.17, 15) is 9.59 Å². The lowest BCUT2D eigenvalue weighted by atomic mass is 9.90. The first-order valence-electron chi connectivity index (χ1n) is 10.7. The SMILES string of the molecule is COc1ccc(CC(=O)Nc2cc([C@H]3CC[C@@H](OC(=O)N4CCC4(C)C)C3)[nH]n2)cn1. The Kier molecular flexibility index (Phi) is 5.84. The molecule has 2 fully saturated rings. The van der Waals surface area contributed by atoms with Crippen LogP contribution in [-0.4, -0.2) is 57.4 Å². The molecule has 2 aliphatic rings. The van der Waals surface area contributed by atoms with Crippen LogP contribution in [0.25, 0.3) is 0 Å². The number of rotatable bonds is 6. The first-order valence-corrected chi connectivity index (χ1v) is 10.7. The first kappa shape index (κ1) is 21.1. The summed E-state index contributed by atoms with van der Waals surface area (Å²) in [5.41, 5.74) is 1.64. The van der Waals surface area contributed by atoms with E-state index in [1.807, 2.05) is 12.1 Å². The molecule has 166 valence electrons. The van der Waals surface area contributed by atoms with Gasteiger partial charge in [0.15, 0.2) is 5.82 Å². The predicted octanol–water partition coefficient (Wildman–Crippen LogP) is 3.25. The van der Waals surface area contributed by atoms with Gasteiger partial charge in [0.2, 0.25) is 11.8 Å². The largest absolute Gasteiger partial charge is 0.481 e. The van der Waals surface area contributed by atoms with Gasteiger partial charge in [0.1, 0.15) is 6.10 Å². The zero-order chi connectivity index (χ0) is 22.0. The molecule has 0 unspecified atom stereocenters. The second kappa shape index (κ2) is 8.56. The molecule has 1 saturated heterocycles. The maximum absolute atomic E-state index is 12.4. The van der Waals surface area contributed by atoms with Crippen LogP contribution in [0.2, 0.25) is 0 Å². The lowest BCUT2D eigenvalue weighted by molar-refractivity contribution is -0.115. The molecule has 31 heavy (non-hydrogen) atoms. The molecule has 9 nitrogen and oxygen atoms in total.